The van der Waals surface area contributed by atoms with Crippen LogP contribution in [0.15, 0.2) is 5.16 Å². The van der Waals surface area contributed by atoms with E-state index in [-0.39, 0.29) is 0 Å². The van der Waals surface area contributed by atoms with Crippen LogP contribution in [0.1, 0.15) is 6.42 Å². The summed E-state index contributed by atoms with van der Waals surface area (Å²) in [6.07, 6.45) is 0.985. The molecule has 0 saturated carbocycles. The lowest BCUT2D eigenvalue weighted by molar-refractivity contribution is 0.148. The Morgan fingerprint density at radius 2 is 2.43 bits per heavy atom. The molecule has 0 heterocycles. The second-order valence-corrected chi connectivity index (χ2v) is 1.80. The summed E-state index contributed by atoms with van der Waals surface area (Å²) in [6, 6.07) is 0. The van der Waals surface area contributed by atoms with E-state index in [9.17, 15) is 0 Å². The Morgan fingerprint density at radius 1 is 1.71 bits per heavy atom. The number of hydrogen-bond donors (Lipinski definition) is 0. The van der Waals surface area contributed by atoms with E-state index in [0.29, 0.717) is 6.61 Å². The molecule has 0 aromatic carbocycles. The van der Waals surface area contributed by atoms with Gasteiger partial charge >= 0.3 is 0 Å². The molecule has 0 radical (unpaired) electrons. The molecule has 0 aromatic heterocycles. The van der Waals surface area contributed by atoms with Gasteiger partial charge in [-0.3, -0.25) is 0 Å². The highest BCUT2D eigenvalue weighted by Crippen LogP contribution is 1.87. The second kappa shape index (κ2) is 5.95. The lowest BCUT2D eigenvalue weighted by Gasteiger charge is -1.90. The molecule has 0 fully saturated rings. The number of alkyl halides is 1. The Kier molecular flexibility index (Phi) is 5.91. The molecule has 0 rings (SSSR count). The van der Waals surface area contributed by atoms with Crippen LogP contribution in [0.25, 0.3) is 0 Å². The Bertz CT molecular complexity index is 49.0. The van der Waals surface area contributed by atoms with E-state index >= 15 is 0 Å². The van der Waals surface area contributed by atoms with Gasteiger partial charge in [-0.2, -0.15) is 0 Å². The molecule has 0 bridgehead atoms. The molecule has 0 spiro atoms. The van der Waals surface area contributed by atoms with Crippen LogP contribution >= 0.6 is 15.9 Å². The minimum absolute atomic E-state index is 0.661. The number of rotatable bonds is 4. The molecule has 0 aliphatic carbocycles. The first-order chi connectivity index (χ1) is 3.41. The zero-order chi connectivity index (χ0) is 5.54. The van der Waals surface area contributed by atoms with Crippen molar-refractivity contribution in [3.63, 3.8) is 0 Å². The third-order valence-corrected chi connectivity index (χ3v) is 1.02. The third-order valence-electron chi connectivity index (χ3n) is 0.461. The topological polar surface area (TPSA) is 21.6 Å². The minimum atomic E-state index is 0.661. The van der Waals surface area contributed by atoms with Gasteiger partial charge in [0, 0.05) is 12.0 Å². The van der Waals surface area contributed by atoms with Gasteiger partial charge < -0.3 is 4.84 Å². The fourth-order valence-electron chi connectivity index (χ4n) is 0.184. The highest BCUT2D eigenvalue weighted by molar-refractivity contribution is 9.09. The van der Waals surface area contributed by atoms with E-state index in [1.54, 1.807) is 0 Å². The quantitative estimate of drug-likeness (QED) is 0.267. The van der Waals surface area contributed by atoms with Gasteiger partial charge in [0.25, 0.3) is 0 Å². The van der Waals surface area contributed by atoms with Crippen LogP contribution in [-0.2, 0) is 4.84 Å². The average molecular weight is 166 g/mol. The smallest absolute Gasteiger partial charge is 0.117 e. The van der Waals surface area contributed by atoms with Gasteiger partial charge in [-0.05, 0) is 6.42 Å². The lowest BCUT2D eigenvalue weighted by Crippen LogP contribution is -1.85. The zero-order valence-electron chi connectivity index (χ0n) is 4.06. The average Bonchev–Trinajstić information content (AvgIpc) is 1.69. The predicted molar refractivity (Wildman–Crippen MR) is 33.9 cm³/mol. The minimum Gasteiger partial charge on any atom is -0.396 e. The predicted octanol–water partition coefficient (Wildman–Crippen LogP) is 1.40. The van der Waals surface area contributed by atoms with Gasteiger partial charge in [0.05, 0.1) is 0 Å². The Labute approximate surface area is 51.7 Å². The summed E-state index contributed by atoms with van der Waals surface area (Å²) >= 11 is 3.24. The zero-order valence-corrected chi connectivity index (χ0v) is 5.65. The summed E-state index contributed by atoms with van der Waals surface area (Å²) in [5.41, 5.74) is 0. The number of halogens is 1. The van der Waals surface area contributed by atoms with Gasteiger partial charge in [-0.1, -0.05) is 15.9 Å². The Hall–Kier alpha value is -0.0500. The largest absolute Gasteiger partial charge is 0.396 e. The van der Waals surface area contributed by atoms with E-state index in [2.05, 4.69) is 32.6 Å². The molecule has 0 aliphatic rings. The highest BCUT2D eigenvalue weighted by atomic mass is 79.9. The van der Waals surface area contributed by atoms with Gasteiger partial charge in [-0.15, -0.1) is 5.16 Å². The summed E-state index contributed by atoms with van der Waals surface area (Å²) in [6.45, 7) is 3.81. The first-order valence-electron chi connectivity index (χ1n) is 2.05. The normalized spacial score (nSPS) is 8.14. The molecule has 0 amide bonds. The standard InChI is InChI=1S/C4H8BrNO/c1-6-7-4-2-3-5/h1-4H2. The van der Waals surface area contributed by atoms with Crippen LogP contribution in [0.4, 0.5) is 0 Å². The molecule has 2 nitrogen and oxygen atoms in total. The molecular weight excluding hydrogens is 158 g/mol. The van der Waals surface area contributed by atoms with E-state index in [4.69, 9.17) is 0 Å². The highest BCUT2D eigenvalue weighted by Gasteiger charge is 1.78. The van der Waals surface area contributed by atoms with Gasteiger partial charge in [0.1, 0.15) is 6.61 Å². The summed E-state index contributed by atoms with van der Waals surface area (Å²) in [5.74, 6) is 0. The first kappa shape index (κ1) is 6.95. The van der Waals surface area contributed by atoms with Crippen molar-refractivity contribution in [1.82, 2.24) is 0 Å². The maximum absolute atomic E-state index is 4.56. The van der Waals surface area contributed by atoms with Gasteiger partial charge in [0.15, 0.2) is 0 Å². The molecule has 0 saturated heterocycles. The van der Waals surface area contributed by atoms with Crippen molar-refractivity contribution >= 4 is 22.6 Å². The fourth-order valence-corrected chi connectivity index (χ4v) is 0.413. The maximum atomic E-state index is 4.56. The van der Waals surface area contributed by atoms with E-state index < -0.39 is 0 Å². The molecule has 42 valence electrons. The van der Waals surface area contributed by atoms with Crippen molar-refractivity contribution in [3.05, 3.63) is 0 Å². The second-order valence-electron chi connectivity index (χ2n) is 1.00. The van der Waals surface area contributed by atoms with E-state index in [1.165, 1.54) is 0 Å². The number of oxime groups is 1. The number of nitrogens with zero attached hydrogens (tertiary/aromatic N) is 1. The van der Waals surface area contributed by atoms with Gasteiger partial charge in [0.2, 0.25) is 0 Å². The van der Waals surface area contributed by atoms with Crippen LogP contribution in [0, 0.1) is 0 Å². The third kappa shape index (κ3) is 5.95. The van der Waals surface area contributed by atoms with E-state index in [1.807, 2.05) is 0 Å². The molecular formula is C4H8BrNO. The van der Waals surface area contributed by atoms with E-state index in [0.717, 1.165) is 11.8 Å². The monoisotopic (exact) mass is 165 g/mol. The van der Waals surface area contributed by atoms with Crippen molar-refractivity contribution in [2.24, 2.45) is 5.16 Å². The van der Waals surface area contributed by atoms with Crippen molar-refractivity contribution in [3.8, 4) is 0 Å². The van der Waals surface area contributed by atoms with Crippen LogP contribution in [0.3, 0.4) is 0 Å². The summed E-state index contributed by atoms with van der Waals surface area (Å²) in [7, 11) is 0. The van der Waals surface area contributed by atoms with Gasteiger partial charge in [-0.25, -0.2) is 0 Å². The van der Waals surface area contributed by atoms with Crippen molar-refractivity contribution in [2.75, 3.05) is 11.9 Å². The summed E-state index contributed by atoms with van der Waals surface area (Å²) in [5, 5.41) is 4.16. The van der Waals surface area contributed by atoms with Crippen molar-refractivity contribution < 1.29 is 4.84 Å². The molecule has 7 heavy (non-hydrogen) atoms. The molecule has 0 atom stereocenters. The summed E-state index contributed by atoms with van der Waals surface area (Å²) in [4.78, 5) is 4.56. The molecule has 0 N–H and O–H groups in total. The van der Waals surface area contributed by atoms with Crippen LogP contribution in [0.2, 0.25) is 0 Å². The molecule has 3 heteroatoms. The van der Waals surface area contributed by atoms with Crippen LogP contribution in [0.5, 0.6) is 0 Å². The maximum Gasteiger partial charge on any atom is 0.117 e. The molecule has 0 unspecified atom stereocenters. The lowest BCUT2D eigenvalue weighted by atomic mass is 10.5. The molecule has 0 aromatic rings. The number of hydrogen-bond acceptors (Lipinski definition) is 2. The van der Waals surface area contributed by atoms with Crippen LogP contribution in [-0.4, -0.2) is 18.7 Å². The van der Waals surface area contributed by atoms with Crippen molar-refractivity contribution in [1.29, 1.82) is 0 Å². The molecule has 0 aliphatic heterocycles. The fraction of sp³-hybridized carbons (Fsp3) is 0.750. The summed E-state index contributed by atoms with van der Waals surface area (Å²) < 4.78 is 0. The first-order valence-corrected chi connectivity index (χ1v) is 3.18. The SMILES string of the molecule is C=NOCCCBr. The Balaban J connectivity index is 2.56. The van der Waals surface area contributed by atoms with Crippen molar-refractivity contribution in [2.45, 2.75) is 6.42 Å². The van der Waals surface area contributed by atoms with Crippen LogP contribution < -0.4 is 0 Å². The Morgan fingerprint density at radius 3 is 2.86 bits per heavy atom.